The van der Waals surface area contributed by atoms with Gasteiger partial charge in [0.2, 0.25) is 0 Å². The quantitative estimate of drug-likeness (QED) is 0.270. The third kappa shape index (κ3) is 3.14. The lowest BCUT2D eigenvalue weighted by atomic mass is 10.5. The summed E-state index contributed by atoms with van der Waals surface area (Å²) in [6.45, 7) is 2.23. The van der Waals surface area contributed by atoms with Crippen LogP contribution in [0.25, 0.3) is 0 Å². The number of nitrogens with two attached hydrogens (primary N) is 4. The second-order valence-electron chi connectivity index (χ2n) is 3.46. The summed E-state index contributed by atoms with van der Waals surface area (Å²) >= 11 is 5.99. The van der Waals surface area contributed by atoms with Gasteiger partial charge in [0, 0.05) is 6.54 Å². The molecule has 1 heterocycles. The number of primary amides is 2. The molecule has 0 aromatic carbocycles. The number of carbonyl (C=O) groups is 2. The van der Waals surface area contributed by atoms with Crippen molar-refractivity contribution < 1.29 is 9.59 Å². The molecular weight excluding hydrogens is 290 g/mol. The van der Waals surface area contributed by atoms with Crippen molar-refractivity contribution >= 4 is 41.2 Å². The maximum atomic E-state index is 11.1. The predicted molar refractivity (Wildman–Crippen MR) is 73.7 cm³/mol. The summed E-state index contributed by atoms with van der Waals surface area (Å²) in [6, 6.07) is -2.02. The van der Waals surface area contributed by atoms with E-state index in [9.17, 15) is 9.59 Å². The Kier molecular flexibility index (Phi) is 4.85. The largest absolute Gasteiger partial charge is 0.369 e. The second-order valence-corrected chi connectivity index (χ2v) is 3.83. The molecule has 9 N–H and O–H groups in total. The van der Waals surface area contributed by atoms with Gasteiger partial charge in [-0.1, -0.05) is 11.6 Å². The SMILES string of the molecule is CCNc1nc(N(N)C(N)=O)nc(N(N)C(N)=O)c1Cl. The normalized spacial score (nSPS) is 10.0. The Morgan fingerprint density at radius 1 is 1.20 bits per heavy atom. The van der Waals surface area contributed by atoms with Crippen LogP contribution in [0.15, 0.2) is 0 Å². The van der Waals surface area contributed by atoms with E-state index >= 15 is 0 Å². The molecule has 20 heavy (non-hydrogen) atoms. The number of nitrogens with zero attached hydrogens (tertiary/aromatic N) is 4. The first kappa shape index (κ1) is 15.7. The zero-order chi connectivity index (χ0) is 15.4. The maximum Gasteiger partial charge on any atom is 0.336 e. The van der Waals surface area contributed by atoms with Crippen molar-refractivity contribution in [2.75, 3.05) is 21.9 Å². The highest BCUT2D eigenvalue weighted by Gasteiger charge is 2.22. The van der Waals surface area contributed by atoms with Crippen LogP contribution in [0.4, 0.5) is 27.2 Å². The molecule has 1 rings (SSSR count). The Morgan fingerprint density at radius 2 is 1.75 bits per heavy atom. The van der Waals surface area contributed by atoms with Gasteiger partial charge >= 0.3 is 12.1 Å². The van der Waals surface area contributed by atoms with E-state index in [1.54, 1.807) is 6.92 Å². The Bertz CT molecular complexity index is 537. The number of hydrogen-bond acceptors (Lipinski definition) is 7. The van der Waals surface area contributed by atoms with Gasteiger partial charge in [-0.3, -0.25) is 0 Å². The summed E-state index contributed by atoms with van der Waals surface area (Å²) < 4.78 is 0. The number of hydrazine groups is 2. The molecular formula is C8H14ClN9O2. The minimum absolute atomic E-state index is 0.0604. The molecule has 0 fully saturated rings. The summed E-state index contributed by atoms with van der Waals surface area (Å²) in [4.78, 5) is 29.8. The van der Waals surface area contributed by atoms with Crippen molar-refractivity contribution in [3.05, 3.63) is 5.02 Å². The van der Waals surface area contributed by atoms with E-state index in [0.29, 0.717) is 16.6 Å². The Labute approximate surface area is 118 Å². The number of nitrogens with one attached hydrogen (secondary N) is 1. The fraction of sp³-hybridized carbons (Fsp3) is 0.250. The van der Waals surface area contributed by atoms with Crippen LogP contribution in [0.1, 0.15) is 6.92 Å². The van der Waals surface area contributed by atoms with Gasteiger partial charge in [0.15, 0.2) is 11.6 Å². The topological polar surface area (TPSA) is 183 Å². The number of hydrogen-bond donors (Lipinski definition) is 5. The summed E-state index contributed by atoms with van der Waals surface area (Å²) in [5, 5.41) is 3.69. The monoisotopic (exact) mass is 303 g/mol. The zero-order valence-corrected chi connectivity index (χ0v) is 11.3. The van der Waals surface area contributed by atoms with Gasteiger partial charge in [0.1, 0.15) is 5.02 Å². The number of urea groups is 2. The molecule has 110 valence electrons. The maximum absolute atomic E-state index is 11.1. The fourth-order valence-electron chi connectivity index (χ4n) is 1.18. The molecule has 0 aliphatic carbocycles. The molecule has 0 radical (unpaired) electrons. The number of rotatable bonds is 4. The van der Waals surface area contributed by atoms with Crippen LogP contribution >= 0.6 is 11.6 Å². The first-order chi connectivity index (χ1) is 9.29. The van der Waals surface area contributed by atoms with E-state index in [2.05, 4.69) is 15.3 Å². The van der Waals surface area contributed by atoms with E-state index in [1.807, 2.05) is 0 Å². The highest BCUT2D eigenvalue weighted by Crippen LogP contribution is 2.30. The number of halogens is 1. The molecule has 0 atom stereocenters. The molecule has 0 aliphatic rings. The van der Waals surface area contributed by atoms with Crippen LogP contribution in [-0.2, 0) is 0 Å². The predicted octanol–water partition coefficient (Wildman–Crippen LogP) is -0.921. The smallest absolute Gasteiger partial charge is 0.336 e. The first-order valence-electron chi connectivity index (χ1n) is 5.29. The molecule has 0 spiro atoms. The summed E-state index contributed by atoms with van der Waals surface area (Å²) in [5.74, 6) is 10.4. The van der Waals surface area contributed by atoms with Gasteiger partial charge in [0.05, 0.1) is 0 Å². The van der Waals surface area contributed by atoms with Crippen LogP contribution in [0, 0.1) is 0 Å². The van der Waals surface area contributed by atoms with Crippen molar-refractivity contribution in [3.8, 4) is 0 Å². The molecule has 12 heteroatoms. The summed E-state index contributed by atoms with van der Waals surface area (Å²) in [6.07, 6.45) is 0. The van der Waals surface area contributed by atoms with E-state index in [4.69, 9.17) is 34.8 Å². The van der Waals surface area contributed by atoms with Crippen molar-refractivity contribution in [1.29, 1.82) is 0 Å². The van der Waals surface area contributed by atoms with Gasteiger partial charge in [0.25, 0.3) is 5.95 Å². The number of anilines is 3. The summed E-state index contributed by atoms with van der Waals surface area (Å²) in [5.41, 5.74) is 10.0. The van der Waals surface area contributed by atoms with Crippen LogP contribution in [0.5, 0.6) is 0 Å². The summed E-state index contributed by atoms with van der Waals surface area (Å²) in [7, 11) is 0. The average molecular weight is 304 g/mol. The highest BCUT2D eigenvalue weighted by atomic mass is 35.5. The minimum Gasteiger partial charge on any atom is -0.369 e. The molecule has 11 nitrogen and oxygen atoms in total. The highest BCUT2D eigenvalue weighted by molar-refractivity contribution is 6.35. The minimum atomic E-state index is -1.01. The third-order valence-electron chi connectivity index (χ3n) is 2.08. The Balaban J connectivity index is 3.42. The molecule has 0 aliphatic heterocycles. The van der Waals surface area contributed by atoms with Crippen LogP contribution in [-0.4, -0.2) is 28.6 Å². The standard InChI is InChI=1S/C8H14ClN9O2/c1-2-14-4-3(9)5(17(12)6(10)19)16-8(15-4)18(13)7(11)20/h2,12-13H2,1H3,(H2,10,19)(H2,11,20)(H,14,15,16). The van der Waals surface area contributed by atoms with Gasteiger partial charge in [-0.05, 0) is 6.92 Å². The van der Waals surface area contributed by atoms with E-state index in [1.165, 1.54) is 0 Å². The zero-order valence-electron chi connectivity index (χ0n) is 10.5. The first-order valence-corrected chi connectivity index (χ1v) is 5.67. The van der Waals surface area contributed by atoms with E-state index < -0.39 is 12.1 Å². The molecule has 1 aromatic rings. The Morgan fingerprint density at radius 3 is 2.20 bits per heavy atom. The lowest BCUT2D eigenvalue weighted by Crippen LogP contribution is -2.45. The van der Waals surface area contributed by atoms with Crippen molar-refractivity contribution in [3.63, 3.8) is 0 Å². The molecule has 0 saturated heterocycles. The molecule has 0 saturated carbocycles. The van der Waals surface area contributed by atoms with Crippen LogP contribution in [0.3, 0.4) is 0 Å². The van der Waals surface area contributed by atoms with E-state index in [-0.39, 0.29) is 22.6 Å². The van der Waals surface area contributed by atoms with Crippen LogP contribution in [0.2, 0.25) is 5.02 Å². The van der Waals surface area contributed by atoms with Crippen LogP contribution < -0.4 is 38.5 Å². The number of carbonyl (C=O) groups excluding carboxylic acids is 2. The second kappa shape index (κ2) is 6.18. The van der Waals surface area contributed by atoms with E-state index in [0.717, 1.165) is 0 Å². The Hall–Kier alpha value is -2.37. The van der Waals surface area contributed by atoms with Gasteiger partial charge in [-0.15, -0.1) is 0 Å². The van der Waals surface area contributed by atoms with Crippen molar-refractivity contribution in [2.45, 2.75) is 6.92 Å². The van der Waals surface area contributed by atoms with Crippen molar-refractivity contribution in [2.24, 2.45) is 23.2 Å². The molecule has 1 aromatic heterocycles. The molecule has 0 unspecified atom stereocenters. The van der Waals surface area contributed by atoms with Gasteiger partial charge in [-0.2, -0.15) is 15.0 Å². The third-order valence-corrected chi connectivity index (χ3v) is 2.43. The lowest BCUT2D eigenvalue weighted by molar-refractivity contribution is 0.253. The lowest BCUT2D eigenvalue weighted by Gasteiger charge is -2.19. The van der Waals surface area contributed by atoms with Gasteiger partial charge < -0.3 is 16.8 Å². The fourth-order valence-corrected chi connectivity index (χ4v) is 1.42. The molecule has 0 bridgehead atoms. The number of amides is 4. The van der Waals surface area contributed by atoms with Gasteiger partial charge in [-0.25, -0.2) is 26.3 Å². The average Bonchev–Trinajstić information content (AvgIpc) is 2.39. The number of aromatic nitrogens is 2. The molecule has 4 amide bonds. The van der Waals surface area contributed by atoms with Crippen molar-refractivity contribution in [1.82, 2.24) is 9.97 Å².